The third-order valence-electron chi connectivity index (χ3n) is 3.93. The van der Waals surface area contributed by atoms with Crippen molar-refractivity contribution in [2.75, 3.05) is 19.8 Å². The second-order valence-corrected chi connectivity index (χ2v) is 6.49. The molecule has 2 rings (SSSR count). The zero-order valence-corrected chi connectivity index (χ0v) is 16.3. The van der Waals surface area contributed by atoms with Crippen LogP contribution in [0, 0.1) is 13.8 Å². The summed E-state index contributed by atoms with van der Waals surface area (Å²) in [7, 11) is 0. The summed E-state index contributed by atoms with van der Waals surface area (Å²) in [6, 6.07) is 9.54. The number of rotatable bonds is 9. The summed E-state index contributed by atoms with van der Waals surface area (Å²) in [5.74, 6) is -0.885. The molecule has 7 nitrogen and oxygen atoms in total. The van der Waals surface area contributed by atoms with Gasteiger partial charge < -0.3 is 14.8 Å². The molecule has 0 saturated heterocycles. The van der Waals surface area contributed by atoms with Crippen LogP contribution in [0.1, 0.15) is 42.0 Å². The van der Waals surface area contributed by atoms with Gasteiger partial charge in [0.15, 0.2) is 6.61 Å². The number of nitrogens with zero attached hydrogens (tertiary/aromatic N) is 2. The van der Waals surface area contributed by atoms with Crippen molar-refractivity contribution in [3.05, 3.63) is 47.3 Å². The van der Waals surface area contributed by atoms with E-state index >= 15 is 0 Å². The molecule has 0 unspecified atom stereocenters. The van der Waals surface area contributed by atoms with Crippen LogP contribution in [0.4, 0.5) is 0 Å². The van der Waals surface area contributed by atoms with Gasteiger partial charge in [-0.3, -0.25) is 4.79 Å². The molecule has 0 fully saturated rings. The van der Waals surface area contributed by atoms with Crippen LogP contribution >= 0.6 is 0 Å². The first-order chi connectivity index (χ1) is 12.9. The Morgan fingerprint density at radius 3 is 2.56 bits per heavy atom. The molecule has 0 aliphatic heterocycles. The Labute approximate surface area is 159 Å². The van der Waals surface area contributed by atoms with Crippen molar-refractivity contribution in [1.82, 2.24) is 15.1 Å². The number of hydrogen-bond acceptors (Lipinski definition) is 5. The Morgan fingerprint density at radius 1 is 1.19 bits per heavy atom. The van der Waals surface area contributed by atoms with Crippen molar-refractivity contribution in [3.63, 3.8) is 0 Å². The monoisotopic (exact) mass is 373 g/mol. The molecule has 0 saturated carbocycles. The predicted molar refractivity (Wildman–Crippen MR) is 102 cm³/mol. The van der Waals surface area contributed by atoms with E-state index in [0.29, 0.717) is 36.5 Å². The molecule has 0 spiro atoms. The standard InChI is InChI=1S/C20H27N3O4/c1-14(2)26-12-8-11-21-18(24)13-27-20(25)19-15(3)22-23(16(19)4)17-9-6-5-7-10-17/h5-7,9-10,14H,8,11-13H2,1-4H3,(H,21,24). The molecule has 2 aromatic rings. The minimum absolute atomic E-state index is 0.171. The quantitative estimate of drug-likeness (QED) is 0.540. The van der Waals surface area contributed by atoms with Crippen molar-refractivity contribution in [3.8, 4) is 5.69 Å². The Balaban J connectivity index is 1.87. The highest BCUT2D eigenvalue weighted by Gasteiger charge is 2.21. The maximum atomic E-state index is 12.4. The van der Waals surface area contributed by atoms with E-state index in [1.165, 1.54) is 0 Å². The lowest BCUT2D eigenvalue weighted by molar-refractivity contribution is -0.124. The first-order valence-electron chi connectivity index (χ1n) is 9.07. The zero-order chi connectivity index (χ0) is 19.8. The van der Waals surface area contributed by atoms with Crippen molar-refractivity contribution in [2.24, 2.45) is 0 Å². The first-order valence-corrected chi connectivity index (χ1v) is 9.07. The van der Waals surface area contributed by atoms with Gasteiger partial charge in [0, 0.05) is 13.2 Å². The summed E-state index contributed by atoms with van der Waals surface area (Å²) in [6.45, 7) is 8.21. The smallest absolute Gasteiger partial charge is 0.342 e. The van der Waals surface area contributed by atoms with Crippen LogP contribution in [0.2, 0.25) is 0 Å². The van der Waals surface area contributed by atoms with Crippen LogP contribution in [-0.4, -0.2) is 47.5 Å². The van der Waals surface area contributed by atoms with Crippen LogP contribution < -0.4 is 5.32 Å². The van der Waals surface area contributed by atoms with Gasteiger partial charge in [-0.2, -0.15) is 5.10 Å². The second kappa shape index (κ2) is 9.87. The first kappa shape index (κ1) is 20.6. The molecule has 0 aliphatic carbocycles. The van der Waals surface area contributed by atoms with Gasteiger partial charge in [-0.1, -0.05) is 18.2 Å². The number of benzene rings is 1. The van der Waals surface area contributed by atoms with Crippen LogP contribution in [0.5, 0.6) is 0 Å². The van der Waals surface area contributed by atoms with E-state index in [9.17, 15) is 9.59 Å². The lowest BCUT2D eigenvalue weighted by Gasteiger charge is -2.09. The third-order valence-corrected chi connectivity index (χ3v) is 3.93. The van der Waals surface area contributed by atoms with Gasteiger partial charge >= 0.3 is 5.97 Å². The molecule has 146 valence electrons. The lowest BCUT2D eigenvalue weighted by Crippen LogP contribution is -2.30. The molecule has 27 heavy (non-hydrogen) atoms. The summed E-state index contributed by atoms with van der Waals surface area (Å²) in [5, 5.41) is 7.12. The molecular weight excluding hydrogens is 346 g/mol. The van der Waals surface area contributed by atoms with E-state index in [4.69, 9.17) is 9.47 Å². The van der Waals surface area contributed by atoms with E-state index in [1.54, 1.807) is 18.5 Å². The largest absolute Gasteiger partial charge is 0.452 e. The zero-order valence-electron chi connectivity index (χ0n) is 16.3. The van der Waals surface area contributed by atoms with E-state index in [0.717, 1.165) is 5.69 Å². The molecule has 1 aromatic carbocycles. The molecule has 0 radical (unpaired) electrons. The highest BCUT2D eigenvalue weighted by Crippen LogP contribution is 2.18. The van der Waals surface area contributed by atoms with Gasteiger partial charge in [0.05, 0.1) is 23.2 Å². The van der Waals surface area contributed by atoms with Crippen LogP contribution in [-0.2, 0) is 14.3 Å². The highest BCUT2D eigenvalue weighted by atomic mass is 16.5. The SMILES string of the molecule is Cc1nn(-c2ccccc2)c(C)c1C(=O)OCC(=O)NCCCOC(C)C. The fourth-order valence-electron chi connectivity index (χ4n) is 2.63. The van der Waals surface area contributed by atoms with Crippen molar-refractivity contribution in [2.45, 2.75) is 40.2 Å². The molecule has 7 heteroatoms. The normalized spacial score (nSPS) is 10.9. The molecular formula is C20H27N3O4. The lowest BCUT2D eigenvalue weighted by atomic mass is 10.2. The van der Waals surface area contributed by atoms with E-state index in [1.807, 2.05) is 44.2 Å². The van der Waals surface area contributed by atoms with Gasteiger partial charge in [0.25, 0.3) is 5.91 Å². The number of carbonyl (C=O) groups is 2. The molecule has 1 amide bonds. The van der Waals surface area contributed by atoms with Gasteiger partial charge in [-0.25, -0.2) is 9.48 Å². The van der Waals surface area contributed by atoms with Crippen LogP contribution in [0.15, 0.2) is 30.3 Å². The number of nitrogens with one attached hydrogen (secondary N) is 1. The number of aromatic nitrogens is 2. The maximum Gasteiger partial charge on any atom is 0.342 e. The average molecular weight is 373 g/mol. The van der Waals surface area contributed by atoms with E-state index in [2.05, 4.69) is 10.4 Å². The Morgan fingerprint density at radius 2 is 1.89 bits per heavy atom. The van der Waals surface area contributed by atoms with Crippen molar-refractivity contribution < 1.29 is 19.1 Å². The second-order valence-electron chi connectivity index (χ2n) is 6.49. The fourth-order valence-corrected chi connectivity index (χ4v) is 2.63. The number of carbonyl (C=O) groups excluding carboxylic acids is 2. The molecule has 1 N–H and O–H groups in total. The summed E-state index contributed by atoms with van der Waals surface area (Å²) < 4.78 is 12.3. The molecule has 0 atom stereocenters. The Kier molecular flexibility index (Phi) is 7.55. The number of esters is 1. The summed E-state index contributed by atoms with van der Waals surface area (Å²) in [6.07, 6.45) is 0.880. The van der Waals surface area contributed by atoms with Crippen LogP contribution in [0.3, 0.4) is 0 Å². The molecule has 0 bridgehead atoms. The molecule has 1 aromatic heterocycles. The van der Waals surface area contributed by atoms with E-state index in [-0.39, 0.29) is 18.6 Å². The predicted octanol–water partition coefficient (Wildman–Crippen LogP) is 2.58. The van der Waals surface area contributed by atoms with Gasteiger partial charge in [-0.15, -0.1) is 0 Å². The average Bonchev–Trinajstić information content (AvgIpc) is 2.94. The topological polar surface area (TPSA) is 82.5 Å². The van der Waals surface area contributed by atoms with Crippen molar-refractivity contribution in [1.29, 1.82) is 0 Å². The van der Waals surface area contributed by atoms with Gasteiger partial charge in [0.1, 0.15) is 5.56 Å². The summed E-state index contributed by atoms with van der Waals surface area (Å²) in [5.41, 5.74) is 2.48. The third kappa shape index (κ3) is 5.92. The fraction of sp³-hybridized carbons (Fsp3) is 0.450. The number of aryl methyl sites for hydroxylation is 1. The number of amides is 1. The van der Waals surface area contributed by atoms with Crippen LogP contribution in [0.25, 0.3) is 5.69 Å². The molecule has 1 heterocycles. The van der Waals surface area contributed by atoms with Crippen molar-refractivity contribution >= 4 is 11.9 Å². The minimum Gasteiger partial charge on any atom is -0.452 e. The van der Waals surface area contributed by atoms with E-state index < -0.39 is 5.97 Å². The molecule has 0 aliphatic rings. The minimum atomic E-state index is -0.550. The Bertz CT molecular complexity index is 769. The summed E-state index contributed by atoms with van der Waals surface area (Å²) >= 11 is 0. The Hall–Kier alpha value is -2.67. The van der Waals surface area contributed by atoms with Gasteiger partial charge in [0.2, 0.25) is 0 Å². The number of para-hydroxylation sites is 1. The van der Waals surface area contributed by atoms with Gasteiger partial charge in [-0.05, 0) is 46.2 Å². The maximum absolute atomic E-state index is 12.4. The number of hydrogen-bond donors (Lipinski definition) is 1. The highest BCUT2D eigenvalue weighted by molar-refractivity contribution is 5.93. The number of ether oxygens (including phenoxy) is 2. The summed E-state index contributed by atoms with van der Waals surface area (Å²) in [4.78, 5) is 24.2.